The zero-order chi connectivity index (χ0) is 38.7. The van der Waals surface area contributed by atoms with E-state index >= 15 is 0 Å². The first-order valence-electron chi connectivity index (χ1n) is 17.9. The van der Waals surface area contributed by atoms with Gasteiger partial charge in [-0.25, -0.2) is 8.98 Å². The third-order valence-electron chi connectivity index (χ3n) is 8.96. The fourth-order valence-electron chi connectivity index (χ4n) is 5.33. The Hall–Kier alpha value is -3.56. The molecule has 1 saturated heterocycles. The van der Waals surface area contributed by atoms with E-state index in [2.05, 4.69) is 46.6 Å². The molecule has 15 heteroatoms. The molecule has 0 radical (unpaired) electrons. The molecule has 14 nitrogen and oxygen atoms in total. The lowest BCUT2D eigenvalue weighted by molar-refractivity contribution is -0.157. The van der Waals surface area contributed by atoms with Gasteiger partial charge in [0, 0.05) is 31.3 Å². The Morgan fingerprint density at radius 2 is 1.73 bits per heavy atom. The molecule has 290 valence electrons. The van der Waals surface area contributed by atoms with Crippen molar-refractivity contribution < 1.29 is 45.9 Å². The average molecular weight is 741 g/mol. The summed E-state index contributed by atoms with van der Waals surface area (Å²) in [7, 11) is -5.16. The Morgan fingerprint density at radius 1 is 1.06 bits per heavy atom. The van der Waals surface area contributed by atoms with Gasteiger partial charge in [0.15, 0.2) is 11.9 Å². The van der Waals surface area contributed by atoms with Gasteiger partial charge in [-0.05, 0) is 38.2 Å². The molecule has 0 saturated carbocycles. The first-order chi connectivity index (χ1) is 23.8. The molecule has 0 aromatic carbocycles. The number of hydrogen-bond donors (Lipinski definition) is 5. The van der Waals surface area contributed by atoms with Gasteiger partial charge in [-0.3, -0.25) is 23.7 Å². The third-order valence-corrected chi connectivity index (χ3v) is 9.43. The minimum Gasteiger partial charge on any atom is -0.460 e. The maximum Gasteiger partial charge on any atom is 0.398 e. The summed E-state index contributed by atoms with van der Waals surface area (Å²) in [5, 5.41) is 7.90. The van der Waals surface area contributed by atoms with E-state index in [9.17, 15) is 32.4 Å². The highest BCUT2D eigenvalue weighted by Crippen LogP contribution is 2.21. The lowest BCUT2D eigenvalue weighted by atomic mass is 9.92. The molecule has 51 heavy (non-hydrogen) atoms. The van der Waals surface area contributed by atoms with E-state index in [0.29, 0.717) is 12.3 Å². The Kier molecular flexibility index (Phi) is 20.6. The summed E-state index contributed by atoms with van der Waals surface area (Å²) < 4.78 is 42.0. The van der Waals surface area contributed by atoms with Crippen molar-refractivity contribution in [3.63, 3.8) is 0 Å². The predicted molar refractivity (Wildman–Crippen MR) is 194 cm³/mol. The summed E-state index contributed by atoms with van der Waals surface area (Å²) in [6.45, 7) is 15.1. The summed E-state index contributed by atoms with van der Waals surface area (Å²) in [5.41, 5.74) is 6.29. The second kappa shape index (κ2) is 23.1. The van der Waals surface area contributed by atoms with Crippen LogP contribution in [0.4, 0.5) is 0 Å². The Balaban J connectivity index is 3.10. The number of amides is 3. The summed E-state index contributed by atoms with van der Waals surface area (Å²) in [6.07, 6.45) is 10.7. The molecule has 0 aromatic heterocycles. The van der Waals surface area contributed by atoms with Gasteiger partial charge in [0.05, 0.1) is 11.6 Å². The summed E-state index contributed by atoms with van der Waals surface area (Å²) in [6, 6.07) is -1.63. The number of allylic oxidation sites excluding steroid dienone is 4. The fourth-order valence-corrected chi connectivity index (χ4v) is 5.79. The molecule has 7 atom stereocenters. The first kappa shape index (κ1) is 45.5. The van der Waals surface area contributed by atoms with Gasteiger partial charge in [0.2, 0.25) is 11.8 Å². The van der Waals surface area contributed by atoms with Crippen LogP contribution in [0, 0.1) is 23.7 Å². The van der Waals surface area contributed by atoms with Gasteiger partial charge in [-0.2, -0.15) is 8.42 Å². The van der Waals surface area contributed by atoms with Gasteiger partial charge in [0.1, 0.15) is 12.1 Å². The van der Waals surface area contributed by atoms with Crippen LogP contribution in [0.1, 0.15) is 106 Å². The molecular weight excluding hydrogens is 680 g/mol. The standard InChI is InChI=1S/C36H60N4O10S/c1-8-9-10-11-12-13-23(2)14-15-24(3)16-18-30(41)25(4)17-19-31-26(5)21-38-28(7)35(44)39-22-27(6)34(43)40-29(36(45)49-31)20-32(33(37)42)50-51(46,47)48/h15-16,18,23,25-27,29,31-32,38H,7-14,17,19-22H2,1-6H3,(H2,37,42)(H,39,44)(H,40,43)(H,46,47,48). The van der Waals surface area contributed by atoms with E-state index < -0.39 is 76.5 Å². The molecule has 0 aliphatic carbocycles. The number of hydrogen-bond acceptors (Lipinski definition) is 10. The van der Waals surface area contributed by atoms with Crippen LogP contribution in [0.2, 0.25) is 0 Å². The van der Waals surface area contributed by atoms with E-state index in [1.807, 2.05) is 6.92 Å². The third kappa shape index (κ3) is 19.0. The topological polar surface area (TPSA) is 220 Å². The van der Waals surface area contributed by atoms with E-state index in [4.69, 9.17) is 15.0 Å². The zero-order valence-electron chi connectivity index (χ0n) is 31.1. The average Bonchev–Trinajstić information content (AvgIpc) is 3.06. The minimum atomic E-state index is -5.16. The maximum atomic E-state index is 13.5. The highest BCUT2D eigenvalue weighted by molar-refractivity contribution is 7.80. The molecule has 1 aliphatic heterocycles. The number of ketones is 1. The van der Waals surface area contributed by atoms with E-state index in [-0.39, 0.29) is 31.0 Å². The SMILES string of the molecule is C=C1NCC(C)C(CCC(C)C(=O)C=CC(C)=CCC(C)CCCCCCC)OC(=O)C(CC(OS(=O)(=O)O)C(N)=O)NC(=O)C(C)CNC1=O. The van der Waals surface area contributed by atoms with Crippen molar-refractivity contribution in [1.82, 2.24) is 16.0 Å². The van der Waals surface area contributed by atoms with Crippen LogP contribution in [0.25, 0.3) is 0 Å². The molecule has 1 aliphatic rings. The number of carbonyl (C=O) groups is 5. The van der Waals surface area contributed by atoms with E-state index in [0.717, 1.165) is 12.0 Å². The lowest BCUT2D eigenvalue weighted by Gasteiger charge is -2.29. The molecule has 1 rings (SSSR count). The quantitative estimate of drug-likeness (QED) is 0.0421. The molecular formula is C36H60N4O10S. The molecule has 3 amide bonds. The Labute approximate surface area is 303 Å². The molecule has 0 spiro atoms. The second-order valence-electron chi connectivity index (χ2n) is 13.8. The van der Waals surface area contributed by atoms with Crippen LogP contribution in [0.5, 0.6) is 0 Å². The predicted octanol–water partition coefficient (Wildman–Crippen LogP) is 3.83. The highest BCUT2D eigenvalue weighted by Gasteiger charge is 2.35. The number of esters is 1. The van der Waals surface area contributed by atoms with Crippen LogP contribution < -0.4 is 21.7 Å². The molecule has 1 fully saturated rings. The number of nitrogens with two attached hydrogens (primary N) is 1. The summed E-state index contributed by atoms with van der Waals surface area (Å²) >= 11 is 0. The molecule has 0 aromatic rings. The Morgan fingerprint density at radius 3 is 2.35 bits per heavy atom. The van der Waals surface area contributed by atoms with Gasteiger partial charge in [0.25, 0.3) is 5.91 Å². The second-order valence-corrected chi connectivity index (χ2v) is 14.9. The van der Waals surface area contributed by atoms with Gasteiger partial charge < -0.3 is 26.4 Å². The first-order valence-corrected chi connectivity index (χ1v) is 19.3. The smallest absolute Gasteiger partial charge is 0.398 e. The molecule has 6 N–H and O–H groups in total. The van der Waals surface area contributed by atoms with E-state index in [1.54, 1.807) is 26.0 Å². The van der Waals surface area contributed by atoms with Crippen molar-refractivity contribution in [2.75, 3.05) is 13.1 Å². The van der Waals surface area contributed by atoms with Gasteiger partial charge in [-0.1, -0.05) is 97.4 Å². The zero-order valence-corrected chi connectivity index (χ0v) is 31.9. The highest BCUT2D eigenvalue weighted by atomic mass is 32.3. The Bertz CT molecular complexity index is 1360. The van der Waals surface area contributed by atoms with Crippen LogP contribution >= 0.6 is 0 Å². The molecule has 0 bridgehead atoms. The number of ether oxygens (including phenoxy) is 1. The van der Waals surface area contributed by atoms with Gasteiger partial charge >= 0.3 is 16.4 Å². The van der Waals surface area contributed by atoms with Crippen molar-refractivity contribution in [2.24, 2.45) is 29.4 Å². The van der Waals surface area contributed by atoms with Crippen molar-refractivity contribution in [2.45, 2.75) is 124 Å². The molecule has 7 unspecified atom stereocenters. The minimum absolute atomic E-state index is 0.0413. The number of carbonyl (C=O) groups excluding carboxylic acids is 5. The maximum absolute atomic E-state index is 13.5. The summed E-state index contributed by atoms with van der Waals surface area (Å²) in [4.78, 5) is 64.1. The van der Waals surface area contributed by atoms with Crippen LogP contribution in [0.15, 0.2) is 36.1 Å². The summed E-state index contributed by atoms with van der Waals surface area (Å²) in [5.74, 6) is -4.95. The van der Waals surface area contributed by atoms with Gasteiger partial charge in [-0.15, -0.1) is 0 Å². The van der Waals surface area contributed by atoms with E-state index in [1.165, 1.54) is 45.4 Å². The number of primary amides is 1. The van der Waals surface area contributed by atoms with Crippen LogP contribution in [0.3, 0.4) is 0 Å². The van der Waals surface area contributed by atoms with Crippen LogP contribution in [-0.2, 0) is 43.3 Å². The van der Waals surface area contributed by atoms with Crippen molar-refractivity contribution >= 4 is 39.9 Å². The lowest BCUT2D eigenvalue weighted by Crippen LogP contribution is -2.51. The van der Waals surface area contributed by atoms with Crippen molar-refractivity contribution in [3.8, 4) is 0 Å². The largest absolute Gasteiger partial charge is 0.460 e. The fraction of sp³-hybridized carbons (Fsp3) is 0.694. The normalized spacial score (nSPS) is 23.3. The van der Waals surface area contributed by atoms with Crippen molar-refractivity contribution in [3.05, 3.63) is 36.1 Å². The van der Waals surface area contributed by atoms with Crippen LogP contribution in [-0.4, -0.2) is 73.8 Å². The monoisotopic (exact) mass is 740 g/mol. The number of nitrogens with one attached hydrogen (secondary N) is 3. The number of rotatable bonds is 19. The number of cyclic esters (lactones) is 1. The number of unbranched alkanes of at least 4 members (excludes halogenated alkanes) is 4. The van der Waals surface area contributed by atoms with Crippen molar-refractivity contribution in [1.29, 1.82) is 0 Å². The molecule has 1 heterocycles.